The highest BCUT2D eigenvalue weighted by molar-refractivity contribution is 7.99. The molecule has 1 aliphatic heterocycles. The Kier molecular flexibility index (Phi) is 6.54. The summed E-state index contributed by atoms with van der Waals surface area (Å²) in [5, 5.41) is 6.18. The zero-order chi connectivity index (χ0) is 15.8. The molecule has 0 spiro atoms. The molecule has 1 atom stereocenters. The maximum atomic E-state index is 12.0. The Balaban J connectivity index is 1.83. The molecule has 0 aromatic heterocycles. The largest absolute Gasteiger partial charge is 0.482 e. The lowest BCUT2D eigenvalue weighted by molar-refractivity contribution is -0.142. The summed E-state index contributed by atoms with van der Waals surface area (Å²) < 4.78 is 9.80. The van der Waals surface area contributed by atoms with E-state index >= 15 is 0 Å². The van der Waals surface area contributed by atoms with Crippen LogP contribution < -0.4 is 15.4 Å². The Morgan fingerprint density at radius 2 is 2.32 bits per heavy atom. The monoisotopic (exact) mass is 324 g/mol. The number of hydrogen-bond donors (Lipinski definition) is 2. The van der Waals surface area contributed by atoms with Crippen LogP contribution in [0.25, 0.3) is 0 Å². The second-order valence-electron chi connectivity index (χ2n) is 4.87. The van der Waals surface area contributed by atoms with Crippen molar-refractivity contribution < 1.29 is 19.1 Å². The van der Waals surface area contributed by atoms with Gasteiger partial charge in [0.1, 0.15) is 5.75 Å². The van der Waals surface area contributed by atoms with Gasteiger partial charge in [0.05, 0.1) is 7.11 Å². The summed E-state index contributed by atoms with van der Waals surface area (Å²) in [6, 6.07) is 7.17. The molecule has 6 nitrogen and oxygen atoms in total. The van der Waals surface area contributed by atoms with E-state index in [0.717, 1.165) is 18.1 Å². The van der Waals surface area contributed by atoms with Gasteiger partial charge >= 0.3 is 5.97 Å². The van der Waals surface area contributed by atoms with E-state index in [9.17, 15) is 9.59 Å². The molecule has 1 aromatic carbocycles. The van der Waals surface area contributed by atoms with E-state index in [1.54, 1.807) is 24.3 Å². The average molecular weight is 324 g/mol. The van der Waals surface area contributed by atoms with Crippen LogP contribution in [0.5, 0.6) is 5.75 Å². The lowest BCUT2D eigenvalue weighted by atomic mass is 10.2. The Morgan fingerprint density at radius 3 is 3.05 bits per heavy atom. The van der Waals surface area contributed by atoms with Gasteiger partial charge in [-0.2, -0.15) is 11.8 Å². The van der Waals surface area contributed by atoms with Gasteiger partial charge in [0.2, 0.25) is 5.91 Å². The highest BCUT2D eigenvalue weighted by atomic mass is 32.2. The number of benzene rings is 1. The standard InChI is InChI=1S/C15H20N2O4S/c1-20-15(19)9-21-13-4-2-3-11(7-13)17-14(18)8-12-10-22-6-5-16-12/h2-4,7,12,16H,5-6,8-10H2,1H3,(H,17,18). The first-order valence-corrected chi connectivity index (χ1v) is 8.23. The van der Waals surface area contributed by atoms with Gasteiger partial charge in [0, 0.05) is 42.3 Å². The van der Waals surface area contributed by atoms with E-state index in [2.05, 4.69) is 15.4 Å². The van der Waals surface area contributed by atoms with Crippen LogP contribution in [-0.2, 0) is 14.3 Å². The fourth-order valence-corrected chi connectivity index (χ4v) is 3.00. The van der Waals surface area contributed by atoms with E-state index in [4.69, 9.17) is 4.74 Å². The van der Waals surface area contributed by atoms with E-state index in [-0.39, 0.29) is 18.6 Å². The molecule has 0 bridgehead atoms. The number of nitrogens with one attached hydrogen (secondary N) is 2. The zero-order valence-electron chi connectivity index (χ0n) is 12.5. The van der Waals surface area contributed by atoms with Crippen molar-refractivity contribution in [2.75, 3.05) is 37.1 Å². The first-order chi connectivity index (χ1) is 10.7. The zero-order valence-corrected chi connectivity index (χ0v) is 13.3. The molecular formula is C15H20N2O4S. The number of esters is 1. The molecule has 7 heteroatoms. The second kappa shape index (κ2) is 8.65. The number of methoxy groups -OCH3 is 1. The van der Waals surface area contributed by atoms with Crippen molar-refractivity contribution in [3.05, 3.63) is 24.3 Å². The van der Waals surface area contributed by atoms with Crippen LogP contribution >= 0.6 is 11.8 Å². The SMILES string of the molecule is COC(=O)COc1cccc(NC(=O)CC2CSCCN2)c1. The lowest BCUT2D eigenvalue weighted by Gasteiger charge is -2.22. The van der Waals surface area contributed by atoms with Crippen LogP contribution in [0.2, 0.25) is 0 Å². The van der Waals surface area contributed by atoms with E-state index in [0.29, 0.717) is 17.9 Å². The number of amides is 1. The maximum absolute atomic E-state index is 12.0. The highest BCUT2D eigenvalue weighted by Gasteiger charge is 2.16. The van der Waals surface area contributed by atoms with Crippen LogP contribution in [0.4, 0.5) is 5.69 Å². The Bertz CT molecular complexity index is 518. The number of ether oxygens (including phenoxy) is 2. The average Bonchev–Trinajstić information content (AvgIpc) is 2.53. The van der Waals surface area contributed by atoms with Crippen molar-refractivity contribution in [3.8, 4) is 5.75 Å². The third-order valence-corrected chi connectivity index (χ3v) is 4.26. The predicted octanol–water partition coefficient (Wildman–Crippen LogP) is 1.27. The quantitative estimate of drug-likeness (QED) is 0.768. The van der Waals surface area contributed by atoms with Gasteiger partial charge in [-0.15, -0.1) is 0 Å². The van der Waals surface area contributed by atoms with Gasteiger partial charge in [0.25, 0.3) is 0 Å². The summed E-state index contributed by atoms with van der Waals surface area (Å²) in [4.78, 5) is 23.1. The third-order valence-electron chi connectivity index (χ3n) is 3.13. The lowest BCUT2D eigenvalue weighted by Crippen LogP contribution is -2.39. The Labute approximate surface area is 133 Å². The van der Waals surface area contributed by atoms with Gasteiger partial charge in [-0.05, 0) is 12.1 Å². The number of thioether (sulfide) groups is 1. The van der Waals surface area contributed by atoms with Crippen molar-refractivity contribution in [1.82, 2.24) is 5.32 Å². The van der Waals surface area contributed by atoms with Crippen molar-refractivity contribution in [2.24, 2.45) is 0 Å². The van der Waals surface area contributed by atoms with Crippen molar-refractivity contribution >= 4 is 29.3 Å². The Hall–Kier alpha value is -1.73. The van der Waals surface area contributed by atoms with Crippen molar-refractivity contribution in [1.29, 1.82) is 0 Å². The van der Waals surface area contributed by atoms with Crippen LogP contribution in [0.3, 0.4) is 0 Å². The normalized spacial score (nSPS) is 17.6. The van der Waals surface area contributed by atoms with Crippen molar-refractivity contribution in [3.63, 3.8) is 0 Å². The van der Waals surface area contributed by atoms with E-state index in [1.165, 1.54) is 7.11 Å². The summed E-state index contributed by atoms with van der Waals surface area (Å²) in [5.74, 6) is 2.07. The van der Waals surface area contributed by atoms with Crippen LogP contribution in [0, 0.1) is 0 Å². The maximum Gasteiger partial charge on any atom is 0.343 e. The molecule has 1 aromatic rings. The summed E-state index contributed by atoms with van der Waals surface area (Å²) in [5.41, 5.74) is 0.649. The molecule has 1 heterocycles. The van der Waals surface area contributed by atoms with Gasteiger partial charge in [-0.3, -0.25) is 4.79 Å². The predicted molar refractivity (Wildman–Crippen MR) is 86.3 cm³/mol. The second-order valence-corrected chi connectivity index (χ2v) is 6.02. The number of rotatable bonds is 6. The van der Waals surface area contributed by atoms with E-state index < -0.39 is 5.97 Å². The van der Waals surface area contributed by atoms with Crippen molar-refractivity contribution in [2.45, 2.75) is 12.5 Å². The minimum atomic E-state index is -0.449. The first kappa shape index (κ1) is 16.6. The molecule has 0 aliphatic carbocycles. The molecule has 0 radical (unpaired) electrons. The number of anilines is 1. The molecule has 1 aliphatic rings. The summed E-state index contributed by atoms with van der Waals surface area (Å²) in [7, 11) is 1.31. The minimum Gasteiger partial charge on any atom is -0.482 e. The molecule has 2 N–H and O–H groups in total. The molecule has 1 saturated heterocycles. The van der Waals surface area contributed by atoms with Gasteiger partial charge in [0.15, 0.2) is 6.61 Å². The summed E-state index contributed by atoms with van der Waals surface area (Å²) >= 11 is 1.86. The molecule has 1 amide bonds. The Morgan fingerprint density at radius 1 is 1.45 bits per heavy atom. The minimum absolute atomic E-state index is 0.0369. The molecule has 120 valence electrons. The van der Waals surface area contributed by atoms with Crippen LogP contribution in [-0.4, -0.2) is 49.7 Å². The number of carbonyl (C=O) groups excluding carboxylic acids is 2. The summed E-state index contributed by atoms with van der Waals surface area (Å²) in [6.45, 7) is 0.788. The fourth-order valence-electron chi connectivity index (χ4n) is 2.05. The van der Waals surface area contributed by atoms with Crippen LogP contribution in [0.15, 0.2) is 24.3 Å². The smallest absolute Gasteiger partial charge is 0.343 e. The first-order valence-electron chi connectivity index (χ1n) is 7.08. The third kappa shape index (κ3) is 5.57. The molecule has 1 unspecified atom stereocenters. The van der Waals surface area contributed by atoms with Gasteiger partial charge in [-0.1, -0.05) is 6.07 Å². The molecule has 2 rings (SSSR count). The topological polar surface area (TPSA) is 76.7 Å². The molecule has 1 fully saturated rings. The number of carbonyl (C=O) groups is 2. The summed E-state index contributed by atoms with van der Waals surface area (Å²) in [6.07, 6.45) is 0.445. The highest BCUT2D eigenvalue weighted by Crippen LogP contribution is 2.18. The molecular weight excluding hydrogens is 304 g/mol. The number of hydrogen-bond acceptors (Lipinski definition) is 6. The molecule has 22 heavy (non-hydrogen) atoms. The van der Waals surface area contributed by atoms with Crippen LogP contribution in [0.1, 0.15) is 6.42 Å². The van der Waals surface area contributed by atoms with Gasteiger partial charge < -0.3 is 20.1 Å². The van der Waals surface area contributed by atoms with E-state index in [1.807, 2.05) is 11.8 Å². The van der Waals surface area contributed by atoms with Gasteiger partial charge in [-0.25, -0.2) is 4.79 Å². The molecule has 0 saturated carbocycles. The fraction of sp³-hybridized carbons (Fsp3) is 0.467.